The number of benzene rings is 1. The number of carbonyl (C=O) groups excluding carboxylic acids is 1. The first-order valence-electron chi connectivity index (χ1n) is 8.77. The van der Waals surface area contributed by atoms with Gasteiger partial charge in [0.05, 0.1) is 19.3 Å². The van der Waals surface area contributed by atoms with Crippen LogP contribution < -0.4 is 19.7 Å². The van der Waals surface area contributed by atoms with Gasteiger partial charge in [-0.05, 0) is 38.0 Å². The first kappa shape index (κ1) is 18.0. The van der Waals surface area contributed by atoms with Crippen LogP contribution >= 0.6 is 0 Å². The molecule has 0 atom stereocenters. The number of methoxy groups -OCH3 is 1. The van der Waals surface area contributed by atoms with E-state index in [9.17, 15) is 4.79 Å². The molecule has 3 rings (SSSR count). The van der Waals surface area contributed by atoms with E-state index in [1.54, 1.807) is 19.2 Å². The third-order valence-electron chi connectivity index (χ3n) is 4.16. The third-order valence-corrected chi connectivity index (χ3v) is 4.16. The van der Waals surface area contributed by atoms with Gasteiger partial charge >= 0.3 is 0 Å². The van der Waals surface area contributed by atoms with Gasteiger partial charge in [0.15, 0.2) is 6.61 Å². The standard InChI is InChI=1S/C19H24N4O3/c1-14-10-15(22-19(21-14)23-8-3-4-9-23)12-20-18(24)13-26-17-7-5-6-16(11-17)25-2/h5-7,10-11H,3-4,8-9,12-13H2,1-2H3,(H,20,24). The van der Waals surface area contributed by atoms with E-state index in [-0.39, 0.29) is 12.5 Å². The van der Waals surface area contributed by atoms with Crippen molar-refractivity contribution in [3.63, 3.8) is 0 Å². The van der Waals surface area contributed by atoms with Crippen molar-refractivity contribution in [2.75, 3.05) is 31.7 Å². The second-order valence-electron chi connectivity index (χ2n) is 6.24. The van der Waals surface area contributed by atoms with E-state index < -0.39 is 0 Å². The van der Waals surface area contributed by atoms with E-state index in [1.165, 1.54) is 12.8 Å². The van der Waals surface area contributed by atoms with E-state index in [2.05, 4.69) is 20.2 Å². The lowest BCUT2D eigenvalue weighted by molar-refractivity contribution is -0.123. The summed E-state index contributed by atoms with van der Waals surface area (Å²) >= 11 is 0. The minimum Gasteiger partial charge on any atom is -0.497 e. The van der Waals surface area contributed by atoms with Crippen molar-refractivity contribution >= 4 is 11.9 Å². The molecule has 138 valence electrons. The van der Waals surface area contributed by atoms with Crippen LogP contribution in [0.3, 0.4) is 0 Å². The fraction of sp³-hybridized carbons (Fsp3) is 0.421. The Labute approximate surface area is 153 Å². The summed E-state index contributed by atoms with van der Waals surface area (Å²) in [5.74, 6) is 1.83. The summed E-state index contributed by atoms with van der Waals surface area (Å²) in [5.41, 5.74) is 1.70. The number of aryl methyl sites for hydroxylation is 1. The van der Waals surface area contributed by atoms with E-state index >= 15 is 0 Å². The average molecular weight is 356 g/mol. The molecule has 1 saturated heterocycles. The van der Waals surface area contributed by atoms with Gasteiger partial charge in [0.25, 0.3) is 5.91 Å². The Hall–Kier alpha value is -2.83. The molecule has 0 unspecified atom stereocenters. The van der Waals surface area contributed by atoms with Crippen molar-refractivity contribution in [2.24, 2.45) is 0 Å². The van der Waals surface area contributed by atoms with Gasteiger partial charge in [-0.2, -0.15) is 0 Å². The number of nitrogens with one attached hydrogen (secondary N) is 1. The van der Waals surface area contributed by atoms with Gasteiger partial charge in [-0.3, -0.25) is 4.79 Å². The lowest BCUT2D eigenvalue weighted by Crippen LogP contribution is -2.29. The Morgan fingerprint density at radius 3 is 2.73 bits per heavy atom. The molecule has 7 heteroatoms. The van der Waals surface area contributed by atoms with Crippen LogP contribution in [0.5, 0.6) is 11.5 Å². The summed E-state index contributed by atoms with van der Waals surface area (Å²) in [6.07, 6.45) is 2.34. The molecule has 0 radical (unpaired) electrons. The van der Waals surface area contributed by atoms with Gasteiger partial charge in [-0.1, -0.05) is 6.07 Å². The van der Waals surface area contributed by atoms with Crippen molar-refractivity contribution in [3.05, 3.63) is 41.7 Å². The largest absolute Gasteiger partial charge is 0.497 e. The zero-order valence-corrected chi connectivity index (χ0v) is 15.2. The van der Waals surface area contributed by atoms with Gasteiger partial charge < -0.3 is 19.7 Å². The summed E-state index contributed by atoms with van der Waals surface area (Å²) in [6, 6.07) is 9.05. The number of hydrogen-bond donors (Lipinski definition) is 1. The highest BCUT2D eigenvalue weighted by molar-refractivity contribution is 5.77. The van der Waals surface area contributed by atoms with Crippen molar-refractivity contribution in [1.29, 1.82) is 0 Å². The highest BCUT2D eigenvalue weighted by Crippen LogP contribution is 2.19. The van der Waals surface area contributed by atoms with E-state index in [0.29, 0.717) is 18.0 Å². The number of aromatic nitrogens is 2. The second-order valence-corrected chi connectivity index (χ2v) is 6.24. The molecule has 1 aromatic carbocycles. The molecule has 7 nitrogen and oxygen atoms in total. The molecule has 2 heterocycles. The highest BCUT2D eigenvalue weighted by atomic mass is 16.5. The number of hydrogen-bond acceptors (Lipinski definition) is 6. The lowest BCUT2D eigenvalue weighted by atomic mass is 10.3. The molecule has 0 bridgehead atoms. The van der Waals surface area contributed by atoms with Crippen molar-refractivity contribution in [3.8, 4) is 11.5 Å². The summed E-state index contributed by atoms with van der Waals surface area (Å²) < 4.78 is 10.6. The number of rotatable bonds is 7. The fourth-order valence-corrected chi connectivity index (χ4v) is 2.85. The monoisotopic (exact) mass is 356 g/mol. The molecule has 0 spiro atoms. The predicted octanol–water partition coefficient (Wildman–Crippen LogP) is 2.09. The summed E-state index contributed by atoms with van der Waals surface area (Å²) in [4.78, 5) is 23.3. The Morgan fingerprint density at radius 2 is 1.96 bits per heavy atom. The fourth-order valence-electron chi connectivity index (χ4n) is 2.85. The number of ether oxygens (including phenoxy) is 2. The zero-order chi connectivity index (χ0) is 18.4. The van der Waals surface area contributed by atoms with Gasteiger partial charge in [0, 0.05) is 24.8 Å². The van der Waals surface area contributed by atoms with Crippen LogP contribution in [0, 0.1) is 6.92 Å². The zero-order valence-electron chi connectivity index (χ0n) is 15.2. The second kappa shape index (κ2) is 8.51. The SMILES string of the molecule is COc1cccc(OCC(=O)NCc2cc(C)nc(N3CCCC3)n2)c1. The molecule has 1 aliphatic rings. The number of nitrogens with zero attached hydrogens (tertiary/aromatic N) is 3. The predicted molar refractivity (Wildman–Crippen MR) is 98.6 cm³/mol. The quantitative estimate of drug-likeness (QED) is 0.819. The van der Waals surface area contributed by atoms with Crippen LogP contribution in [0.2, 0.25) is 0 Å². The maximum Gasteiger partial charge on any atom is 0.258 e. The van der Waals surface area contributed by atoms with E-state index in [4.69, 9.17) is 9.47 Å². The van der Waals surface area contributed by atoms with Crippen molar-refractivity contribution in [1.82, 2.24) is 15.3 Å². The van der Waals surface area contributed by atoms with Crippen molar-refractivity contribution in [2.45, 2.75) is 26.3 Å². The van der Waals surface area contributed by atoms with Gasteiger partial charge in [-0.25, -0.2) is 9.97 Å². The molecule has 0 aliphatic carbocycles. The molecular weight excluding hydrogens is 332 g/mol. The van der Waals surface area contributed by atoms with Crippen LogP contribution in [0.25, 0.3) is 0 Å². The molecule has 1 aliphatic heterocycles. The topological polar surface area (TPSA) is 76.6 Å². The number of carbonyl (C=O) groups is 1. The Morgan fingerprint density at radius 1 is 1.19 bits per heavy atom. The van der Waals surface area contributed by atoms with Gasteiger partial charge in [0.1, 0.15) is 11.5 Å². The van der Waals surface area contributed by atoms with Crippen LogP contribution in [-0.2, 0) is 11.3 Å². The van der Waals surface area contributed by atoms with Crippen LogP contribution in [-0.4, -0.2) is 42.7 Å². The molecule has 2 aromatic rings. The van der Waals surface area contributed by atoms with Crippen LogP contribution in [0.15, 0.2) is 30.3 Å². The third kappa shape index (κ3) is 4.84. The smallest absolute Gasteiger partial charge is 0.258 e. The Kier molecular flexibility index (Phi) is 5.88. The number of anilines is 1. The Balaban J connectivity index is 1.52. The molecular formula is C19H24N4O3. The summed E-state index contributed by atoms with van der Waals surface area (Å²) in [5, 5.41) is 2.84. The van der Waals surface area contributed by atoms with Gasteiger partial charge in [0.2, 0.25) is 5.95 Å². The summed E-state index contributed by atoms with van der Waals surface area (Å²) in [7, 11) is 1.59. The lowest BCUT2D eigenvalue weighted by Gasteiger charge is -2.16. The molecule has 1 aromatic heterocycles. The summed E-state index contributed by atoms with van der Waals surface area (Å²) in [6.45, 7) is 4.21. The first-order valence-corrected chi connectivity index (χ1v) is 8.77. The number of amides is 1. The highest BCUT2D eigenvalue weighted by Gasteiger charge is 2.16. The molecule has 1 fully saturated rings. The van der Waals surface area contributed by atoms with E-state index in [1.807, 2.05) is 25.1 Å². The normalized spacial score (nSPS) is 13.5. The molecule has 0 saturated carbocycles. The molecule has 1 N–H and O–H groups in total. The average Bonchev–Trinajstić information content (AvgIpc) is 3.19. The van der Waals surface area contributed by atoms with E-state index in [0.717, 1.165) is 30.4 Å². The minimum atomic E-state index is -0.202. The first-order chi connectivity index (χ1) is 12.6. The van der Waals surface area contributed by atoms with Gasteiger partial charge in [-0.15, -0.1) is 0 Å². The minimum absolute atomic E-state index is 0.0593. The maximum absolute atomic E-state index is 12.0. The van der Waals surface area contributed by atoms with Crippen LogP contribution in [0.4, 0.5) is 5.95 Å². The Bertz CT molecular complexity index is 760. The van der Waals surface area contributed by atoms with Crippen molar-refractivity contribution < 1.29 is 14.3 Å². The molecule has 1 amide bonds. The van der Waals surface area contributed by atoms with Crippen LogP contribution in [0.1, 0.15) is 24.2 Å². The molecule has 26 heavy (non-hydrogen) atoms. The maximum atomic E-state index is 12.0.